The van der Waals surface area contributed by atoms with Crippen molar-refractivity contribution in [3.05, 3.63) is 74.2 Å². The Kier molecular flexibility index (Phi) is 7.95. The van der Waals surface area contributed by atoms with Crippen LogP contribution in [0.2, 0.25) is 0 Å². The smallest absolute Gasteiger partial charge is 0.269 e. The van der Waals surface area contributed by atoms with Crippen molar-refractivity contribution in [2.24, 2.45) is 5.92 Å². The summed E-state index contributed by atoms with van der Waals surface area (Å²) in [6.45, 7) is 0. The molecule has 3 rings (SSSR count). The third-order valence-corrected chi connectivity index (χ3v) is 6.11. The van der Waals surface area contributed by atoms with Gasteiger partial charge in [0.15, 0.2) is 0 Å². The van der Waals surface area contributed by atoms with Crippen LogP contribution in [0.3, 0.4) is 0 Å². The van der Waals surface area contributed by atoms with Gasteiger partial charge >= 0.3 is 0 Å². The summed E-state index contributed by atoms with van der Waals surface area (Å²) < 4.78 is 0.875. The van der Waals surface area contributed by atoms with E-state index in [1.807, 2.05) is 0 Å². The molecule has 0 radical (unpaired) electrons. The molecule has 1 saturated carbocycles. The van der Waals surface area contributed by atoms with Gasteiger partial charge in [0.2, 0.25) is 5.91 Å². The molecule has 166 valence electrons. The number of non-ortho nitro benzene ring substituents is 1. The first-order chi connectivity index (χ1) is 15.4. The summed E-state index contributed by atoms with van der Waals surface area (Å²) in [5.74, 6) is -0.917. The largest absolute Gasteiger partial charge is 0.349 e. The standard InChI is InChI=1S/C23H23BrN4O4/c24-17-9-7-16(8-10-17)22(29)27-21-4-2-1-3-20(21)23(30)26-18(14-25)13-15-5-11-19(12-6-15)28(31)32/h5-12,18,20-21H,1-4,13H2,(H,26,30)(H,27,29)/t18-,20?,21?/m0/s1. The van der Waals surface area contributed by atoms with E-state index >= 15 is 0 Å². The van der Waals surface area contributed by atoms with Crippen LogP contribution in [0.15, 0.2) is 53.0 Å². The van der Waals surface area contributed by atoms with Gasteiger partial charge in [-0.25, -0.2) is 0 Å². The molecule has 1 aliphatic carbocycles. The van der Waals surface area contributed by atoms with Gasteiger partial charge in [-0.2, -0.15) is 5.26 Å². The summed E-state index contributed by atoms with van der Waals surface area (Å²) in [4.78, 5) is 35.9. The van der Waals surface area contributed by atoms with E-state index in [0.29, 0.717) is 24.0 Å². The quantitative estimate of drug-likeness (QED) is 0.442. The van der Waals surface area contributed by atoms with Crippen LogP contribution in [-0.2, 0) is 11.2 Å². The minimum atomic E-state index is -0.770. The van der Waals surface area contributed by atoms with Crippen molar-refractivity contribution in [2.75, 3.05) is 0 Å². The van der Waals surface area contributed by atoms with E-state index in [1.165, 1.54) is 12.1 Å². The second-order valence-electron chi connectivity index (χ2n) is 7.80. The summed E-state index contributed by atoms with van der Waals surface area (Å²) in [5, 5.41) is 26.1. The minimum Gasteiger partial charge on any atom is -0.349 e. The molecule has 1 aliphatic rings. The van der Waals surface area contributed by atoms with Crippen LogP contribution >= 0.6 is 15.9 Å². The van der Waals surface area contributed by atoms with Crippen molar-refractivity contribution in [3.63, 3.8) is 0 Å². The number of nitro groups is 1. The van der Waals surface area contributed by atoms with E-state index in [9.17, 15) is 25.0 Å². The summed E-state index contributed by atoms with van der Waals surface area (Å²) in [6.07, 6.45) is 3.36. The van der Waals surface area contributed by atoms with Gasteiger partial charge in [-0.05, 0) is 42.7 Å². The Labute approximate surface area is 194 Å². The first kappa shape index (κ1) is 23.4. The molecule has 0 heterocycles. The van der Waals surface area contributed by atoms with Crippen LogP contribution in [-0.4, -0.2) is 28.8 Å². The maximum atomic E-state index is 13.0. The summed E-state index contributed by atoms with van der Waals surface area (Å²) in [5.41, 5.74) is 1.20. The first-order valence-corrected chi connectivity index (χ1v) is 11.2. The Balaban J connectivity index is 1.62. The molecule has 0 bridgehead atoms. The number of hydrogen-bond acceptors (Lipinski definition) is 5. The van der Waals surface area contributed by atoms with Gasteiger partial charge in [-0.15, -0.1) is 0 Å². The number of rotatable bonds is 7. The predicted octanol–water partition coefficient (Wildman–Crippen LogP) is 3.90. The molecule has 9 heteroatoms. The van der Waals surface area contributed by atoms with Crippen LogP contribution in [0.4, 0.5) is 5.69 Å². The van der Waals surface area contributed by atoms with Crippen molar-refractivity contribution in [3.8, 4) is 6.07 Å². The first-order valence-electron chi connectivity index (χ1n) is 10.4. The molecule has 3 atom stereocenters. The van der Waals surface area contributed by atoms with Crippen LogP contribution < -0.4 is 10.6 Å². The SMILES string of the molecule is N#C[C@H](Cc1ccc([N+](=O)[O-])cc1)NC(=O)C1CCCCC1NC(=O)c1ccc(Br)cc1. The Bertz CT molecular complexity index is 1020. The lowest BCUT2D eigenvalue weighted by atomic mass is 9.83. The Morgan fingerprint density at radius 1 is 1.12 bits per heavy atom. The van der Waals surface area contributed by atoms with E-state index in [0.717, 1.165) is 17.3 Å². The van der Waals surface area contributed by atoms with Crippen molar-refractivity contribution >= 4 is 33.4 Å². The van der Waals surface area contributed by atoms with Crippen molar-refractivity contribution in [1.29, 1.82) is 5.26 Å². The summed E-state index contributed by atoms with van der Waals surface area (Å²) in [7, 11) is 0. The van der Waals surface area contributed by atoms with Gasteiger partial charge in [0.1, 0.15) is 6.04 Å². The van der Waals surface area contributed by atoms with Crippen molar-refractivity contribution in [2.45, 2.75) is 44.2 Å². The second-order valence-corrected chi connectivity index (χ2v) is 8.71. The zero-order valence-electron chi connectivity index (χ0n) is 17.3. The molecule has 2 N–H and O–H groups in total. The lowest BCUT2D eigenvalue weighted by Gasteiger charge is -2.31. The van der Waals surface area contributed by atoms with Crippen LogP contribution in [0.5, 0.6) is 0 Å². The van der Waals surface area contributed by atoms with Crippen molar-refractivity contribution in [1.82, 2.24) is 10.6 Å². The number of nitrogens with zero attached hydrogens (tertiary/aromatic N) is 2. The molecule has 0 saturated heterocycles. The topological polar surface area (TPSA) is 125 Å². The van der Waals surface area contributed by atoms with Gasteiger partial charge in [-0.3, -0.25) is 19.7 Å². The number of nitriles is 1. The highest BCUT2D eigenvalue weighted by Crippen LogP contribution is 2.25. The zero-order chi connectivity index (χ0) is 23.1. The molecule has 32 heavy (non-hydrogen) atoms. The number of amides is 2. The summed E-state index contributed by atoms with van der Waals surface area (Å²) >= 11 is 3.34. The maximum absolute atomic E-state index is 13.0. The normalized spacial score (nSPS) is 18.8. The van der Waals surface area contributed by atoms with E-state index in [4.69, 9.17) is 0 Å². The van der Waals surface area contributed by atoms with E-state index in [1.54, 1.807) is 36.4 Å². The number of hydrogen-bond donors (Lipinski definition) is 2. The molecule has 0 spiro atoms. The van der Waals surface area contributed by atoms with Gasteiger partial charge in [0.25, 0.3) is 11.6 Å². The van der Waals surface area contributed by atoms with E-state index in [-0.39, 0.29) is 30.0 Å². The Morgan fingerprint density at radius 2 is 1.78 bits per heavy atom. The number of benzene rings is 2. The van der Waals surface area contributed by atoms with Gasteiger partial charge in [-0.1, -0.05) is 40.9 Å². The maximum Gasteiger partial charge on any atom is 0.269 e. The number of halogens is 1. The fourth-order valence-electron chi connectivity index (χ4n) is 3.87. The highest BCUT2D eigenvalue weighted by Gasteiger charge is 2.33. The Hall–Kier alpha value is -3.25. The fourth-order valence-corrected chi connectivity index (χ4v) is 4.13. The third kappa shape index (κ3) is 6.14. The van der Waals surface area contributed by atoms with Crippen LogP contribution in [0.25, 0.3) is 0 Å². The summed E-state index contributed by atoms with van der Waals surface area (Å²) in [6, 6.07) is 13.9. The lowest BCUT2D eigenvalue weighted by molar-refractivity contribution is -0.384. The molecular weight excluding hydrogens is 476 g/mol. The van der Waals surface area contributed by atoms with E-state index in [2.05, 4.69) is 32.6 Å². The Morgan fingerprint density at radius 3 is 2.41 bits per heavy atom. The molecular formula is C23H23BrN4O4. The molecule has 2 aromatic rings. The fraction of sp³-hybridized carbons (Fsp3) is 0.348. The van der Waals surface area contributed by atoms with E-state index < -0.39 is 16.9 Å². The molecule has 2 amide bonds. The van der Waals surface area contributed by atoms with Crippen LogP contribution in [0.1, 0.15) is 41.6 Å². The van der Waals surface area contributed by atoms with Crippen LogP contribution in [0, 0.1) is 27.4 Å². The van der Waals surface area contributed by atoms with Crippen molar-refractivity contribution < 1.29 is 14.5 Å². The zero-order valence-corrected chi connectivity index (χ0v) is 18.9. The highest BCUT2D eigenvalue weighted by atomic mass is 79.9. The number of nitro benzene ring substituents is 1. The molecule has 1 fully saturated rings. The number of carbonyl (C=O) groups excluding carboxylic acids is 2. The lowest BCUT2D eigenvalue weighted by Crippen LogP contribution is -2.50. The average molecular weight is 499 g/mol. The third-order valence-electron chi connectivity index (χ3n) is 5.58. The minimum absolute atomic E-state index is 0.0298. The number of nitrogens with one attached hydrogen (secondary N) is 2. The number of carbonyl (C=O) groups is 2. The average Bonchev–Trinajstić information content (AvgIpc) is 2.79. The molecule has 0 aliphatic heterocycles. The highest BCUT2D eigenvalue weighted by molar-refractivity contribution is 9.10. The monoisotopic (exact) mass is 498 g/mol. The molecule has 2 unspecified atom stereocenters. The van der Waals surface area contributed by atoms with Gasteiger partial charge in [0, 0.05) is 34.6 Å². The predicted molar refractivity (Wildman–Crippen MR) is 122 cm³/mol. The van der Waals surface area contributed by atoms with Gasteiger partial charge in [0.05, 0.1) is 16.9 Å². The molecule has 8 nitrogen and oxygen atoms in total. The molecule has 2 aromatic carbocycles. The van der Waals surface area contributed by atoms with Gasteiger partial charge < -0.3 is 10.6 Å². The second kappa shape index (κ2) is 10.9. The molecule has 0 aromatic heterocycles.